The molecule has 1 rings (SSSR count). The Labute approximate surface area is 186 Å². The minimum Gasteiger partial charge on any atom is -0.481 e. The van der Waals surface area contributed by atoms with Crippen molar-refractivity contribution in [1.29, 1.82) is 0 Å². The second-order valence-corrected chi connectivity index (χ2v) is 7.96. The van der Waals surface area contributed by atoms with Gasteiger partial charge in [-0.3, -0.25) is 19.2 Å². The van der Waals surface area contributed by atoms with Gasteiger partial charge < -0.3 is 31.5 Å². The molecule has 176 valence electrons. The Morgan fingerprint density at radius 1 is 1.06 bits per heavy atom. The topological polar surface area (TPSA) is 174 Å². The highest BCUT2D eigenvalue weighted by Crippen LogP contribution is 2.11. The first kappa shape index (κ1) is 26.7. The molecule has 1 fully saturated rings. The average Bonchev–Trinajstić information content (AvgIpc) is 3.26. The van der Waals surface area contributed by atoms with Crippen molar-refractivity contribution in [2.45, 2.75) is 70.1 Å². The van der Waals surface area contributed by atoms with E-state index in [1.807, 2.05) is 6.92 Å². The van der Waals surface area contributed by atoms with Gasteiger partial charge in [0.15, 0.2) is 0 Å². The molecule has 0 bridgehead atoms. The zero-order chi connectivity index (χ0) is 23.6. The number of thiol groups is 1. The van der Waals surface area contributed by atoms with Crippen molar-refractivity contribution in [3.8, 4) is 0 Å². The highest BCUT2D eigenvalue weighted by atomic mass is 32.1. The Morgan fingerprint density at radius 2 is 1.71 bits per heavy atom. The van der Waals surface area contributed by atoms with Gasteiger partial charge in [0.1, 0.15) is 18.1 Å². The first-order valence-corrected chi connectivity index (χ1v) is 10.9. The molecule has 1 aliphatic heterocycles. The number of amides is 3. The molecule has 6 N–H and O–H groups in total. The van der Waals surface area contributed by atoms with Crippen molar-refractivity contribution < 1.29 is 34.2 Å². The Morgan fingerprint density at radius 3 is 2.19 bits per heavy atom. The third-order valence-electron chi connectivity index (χ3n) is 5.25. The molecule has 0 aliphatic carbocycles. The van der Waals surface area contributed by atoms with Crippen LogP contribution in [0.1, 0.15) is 46.0 Å². The van der Waals surface area contributed by atoms with Gasteiger partial charge in [-0.05, 0) is 31.7 Å². The number of carbonyl (C=O) groups is 5. The molecule has 0 saturated carbocycles. The van der Waals surface area contributed by atoms with Crippen LogP contribution in [-0.2, 0) is 24.0 Å². The summed E-state index contributed by atoms with van der Waals surface area (Å²) < 4.78 is 0. The van der Waals surface area contributed by atoms with E-state index in [2.05, 4.69) is 33.9 Å². The number of carboxylic acids is 2. The van der Waals surface area contributed by atoms with Crippen LogP contribution in [0.4, 0.5) is 0 Å². The van der Waals surface area contributed by atoms with Crippen LogP contribution >= 0.6 is 12.6 Å². The van der Waals surface area contributed by atoms with Crippen molar-refractivity contribution in [2.75, 3.05) is 12.3 Å². The van der Waals surface area contributed by atoms with Gasteiger partial charge in [-0.2, -0.15) is 12.6 Å². The van der Waals surface area contributed by atoms with Gasteiger partial charge in [0, 0.05) is 12.2 Å². The lowest BCUT2D eigenvalue weighted by molar-refractivity contribution is -0.143. The number of carbonyl (C=O) groups excluding carboxylic acids is 3. The van der Waals surface area contributed by atoms with E-state index in [1.54, 1.807) is 6.92 Å². The summed E-state index contributed by atoms with van der Waals surface area (Å²) in [6.45, 7) is 4.40. The molecular formula is C19H32N4O7S. The second kappa shape index (κ2) is 13.2. The standard InChI is InChI=1S/C19H32N4O7S/c1-3-10(2)15(23-16(26)11-5-4-8-20-11)18(28)22-13(9-31)17(27)21-12(19(29)30)6-7-14(24)25/h10-13,15,20,31H,3-9H2,1-2H3,(H,21,27)(H,22,28)(H,23,26)(H,24,25)(H,29,30). The van der Waals surface area contributed by atoms with Crippen molar-refractivity contribution >= 4 is 42.3 Å². The summed E-state index contributed by atoms with van der Waals surface area (Å²) in [5.74, 6) is -4.56. The van der Waals surface area contributed by atoms with Crippen LogP contribution in [0.25, 0.3) is 0 Å². The maximum Gasteiger partial charge on any atom is 0.326 e. The van der Waals surface area contributed by atoms with Crippen LogP contribution in [0.2, 0.25) is 0 Å². The second-order valence-electron chi connectivity index (χ2n) is 7.60. The van der Waals surface area contributed by atoms with Gasteiger partial charge in [0.25, 0.3) is 0 Å². The predicted octanol–water partition coefficient (Wildman–Crippen LogP) is -0.882. The summed E-state index contributed by atoms with van der Waals surface area (Å²) in [4.78, 5) is 59.8. The molecule has 0 aromatic rings. The highest BCUT2D eigenvalue weighted by Gasteiger charge is 2.33. The van der Waals surface area contributed by atoms with Crippen molar-refractivity contribution in [3.05, 3.63) is 0 Å². The van der Waals surface area contributed by atoms with Gasteiger partial charge in [0.05, 0.1) is 6.04 Å². The van der Waals surface area contributed by atoms with Crippen molar-refractivity contribution in [1.82, 2.24) is 21.3 Å². The smallest absolute Gasteiger partial charge is 0.326 e. The molecule has 0 aromatic heterocycles. The monoisotopic (exact) mass is 460 g/mol. The lowest BCUT2D eigenvalue weighted by atomic mass is 9.97. The number of nitrogens with one attached hydrogen (secondary N) is 4. The fourth-order valence-corrected chi connectivity index (χ4v) is 3.37. The zero-order valence-electron chi connectivity index (χ0n) is 17.7. The van der Waals surface area contributed by atoms with Gasteiger partial charge in [0.2, 0.25) is 17.7 Å². The number of hydrogen-bond donors (Lipinski definition) is 7. The molecule has 5 atom stereocenters. The Bertz CT molecular complexity index is 670. The summed E-state index contributed by atoms with van der Waals surface area (Å²) in [6, 6.07) is -3.82. The number of hydrogen-bond acceptors (Lipinski definition) is 7. The summed E-state index contributed by atoms with van der Waals surface area (Å²) in [6.07, 6.45) is 1.41. The van der Waals surface area contributed by atoms with Gasteiger partial charge >= 0.3 is 11.9 Å². The maximum atomic E-state index is 12.8. The lowest BCUT2D eigenvalue weighted by Crippen LogP contribution is -2.59. The van der Waals surface area contributed by atoms with Crippen LogP contribution in [0.15, 0.2) is 0 Å². The predicted molar refractivity (Wildman–Crippen MR) is 115 cm³/mol. The lowest BCUT2D eigenvalue weighted by Gasteiger charge is -2.27. The minimum atomic E-state index is -1.42. The third-order valence-corrected chi connectivity index (χ3v) is 5.61. The van der Waals surface area contributed by atoms with E-state index in [0.29, 0.717) is 12.8 Å². The van der Waals surface area contributed by atoms with Gasteiger partial charge in [-0.1, -0.05) is 20.3 Å². The van der Waals surface area contributed by atoms with Crippen molar-refractivity contribution in [3.63, 3.8) is 0 Å². The number of carboxylic acid groups (broad SMARTS) is 2. The van der Waals surface area contributed by atoms with E-state index < -0.39 is 48.3 Å². The van der Waals surface area contributed by atoms with E-state index in [-0.39, 0.29) is 30.0 Å². The van der Waals surface area contributed by atoms with Crippen LogP contribution in [-0.4, -0.2) is 76.3 Å². The van der Waals surface area contributed by atoms with E-state index in [4.69, 9.17) is 5.11 Å². The maximum absolute atomic E-state index is 12.8. The normalized spacial score (nSPS) is 19.5. The van der Waals surface area contributed by atoms with E-state index in [0.717, 1.165) is 13.0 Å². The fourth-order valence-electron chi connectivity index (χ4n) is 3.12. The molecule has 31 heavy (non-hydrogen) atoms. The molecule has 1 saturated heterocycles. The molecule has 1 heterocycles. The van der Waals surface area contributed by atoms with Crippen LogP contribution in [0, 0.1) is 5.92 Å². The highest BCUT2D eigenvalue weighted by molar-refractivity contribution is 7.80. The third kappa shape index (κ3) is 8.74. The SMILES string of the molecule is CCC(C)C(NC(=O)C1CCCN1)C(=O)NC(CS)C(=O)NC(CCC(=O)O)C(=O)O. The molecule has 11 nitrogen and oxygen atoms in total. The Hall–Kier alpha value is -2.34. The van der Waals surface area contributed by atoms with Crippen molar-refractivity contribution in [2.24, 2.45) is 5.92 Å². The van der Waals surface area contributed by atoms with Gasteiger partial charge in [-0.15, -0.1) is 0 Å². The van der Waals surface area contributed by atoms with Crippen LogP contribution in [0.3, 0.4) is 0 Å². The number of aliphatic carboxylic acids is 2. The first-order chi connectivity index (χ1) is 14.6. The largest absolute Gasteiger partial charge is 0.481 e. The van der Waals surface area contributed by atoms with E-state index in [9.17, 15) is 29.1 Å². The molecule has 1 aliphatic rings. The average molecular weight is 461 g/mol. The molecule has 5 unspecified atom stereocenters. The fraction of sp³-hybridized carbons (Fsp3) is 0.737. The van der Waals surface area contributed by atoms with Crippen LogP contribution < -0.4 is 21.3 Å². The van der Waals surface area contributed by atoms with E-state index in [1.165, 1.54) is 0 Å². The first-order valence-electron chi connectivity index (χ1n) is 10.3. The molecular weight excluding hydrogens is 428 g/mol. The molecule has 3 amide bonds. The minimum absolute atomic E-state index is 0.117. The molecule has 0 radical (unpaired) electrons. The molecule has 12 heteroatoms. The Kier molecular flexibility index (Phi) is 11.3. The van der Waals surface area contributed by atoms with E-state index >= 15 is 0 Å². The number of rotatable bonds is 13. The molecule has 0 aromatic carbocycles. The van der Waals surface area contributed by atoms with Crippen LogP contribution in [0.5, 0.6) is 0 Å². The summed E-state index contributed by atoms with van der Waals surface area (Å²) in [7, 11) is 0. The Balaban J connectivity index is 2.80. The zero-order valence-corrected chi connectivity index (χ0v) is 18.6. The van der Waals surface area contributed by atoms with Gasteiger partial charge in [-0.25, -0.2) is 4.79 Å². The summed E-state index contributed by atoms with van der Waals surface area (Å²) in [5, 5.41) is 28.5. The molecule has 0 spiro atoms. The quantitative estimate of drug-likeness (QED) is 0.173. The summed E-state index contributed by atoms with van der Waals surface area (Å²) >= 11 is 4.06. The summed E-state index contributed by atoms with van der Waals surface area (Å²) in [5.41, 5.74) is 0.